The Kier molecular flexibility index (Phi) is 4.44. The first kappa shape index (κ1) is 14.4. The van der Waals surface area contributed by atoms with Gasteiger partial charge in [-0.1, -0.05) is 19.8 Å². The second-order valence-corrected chi connectivity index (χ2v) is 6.38. The summed E-state index contributed by atoms with van der Waals surface area (Å²) in [7, 11) is 2.03. The Morgan fingerprint density at radius 2 is 2.19 bits per heavy atom. The molecule has 1 unspecified atom stereocenters. The molecule has 0 saturated heterocycles. The summed E-state index contributed by atoms with van der Waals surface area (Å²) >= 11 is 0. The lowest BCUT2D eigenvalue weighted by Crippen LogP contribution is -2.31. The van der Waals surface area contributed by atoms with Gasteiger partial charge in [0.1, 0.15) is 17.6 Å². The number of rotatable bonds is 5. The Labute approximate surface area is 126 Å². The average Bonchev–Trinajstić information content (AvgIpc) is 3.14. The van der Waals surface area contributed by atoms with Crippen LogP contribution in [0, 0.1) is 11.8 Å². The summed E-state index contributed by atoms with van der Waals surface area (Å²) in [5, 5.41) is 3.67. The van der Waals surface area contributed by atoms with Gasteiger partial charge >= 0.3 is 0 Å². The Bertz CT molecular complexity index is 538. The van der Waals surface area contributed by atoms with E-state index < -0.39 is 0 Å². The predicted octanol–water partition coefficient (Wildman–Crippen LogP) is 3.52. The molecule has 0 spiro atoms. The van der Waals surface area contributed by atoms with Crippen molar-refractivity contribution in [3.63, 3.8) is 0 Å². The number of nitrogens with one attached hydrogen (secondary N) is 1. The fraction of sp³-hybridized carbons (Fsp3) is 0.588. The van der Waals surface area contributed by atoms with Crippen LogP contribution in [0.3, 0.4) is 0 Å². The van der Waals surface area contributed by atoms with Crippen LogP contribution in [0.2, 0.25) is 0 Å². The van der Waals surface area contributed by atoms with Gasteiger partial charge < -0.3 is 14.3 Å². The van der Waals surface area contributed by atoms with Gasteiger partial charge in [0, 0.05) is 19.4 Å². The first-order chi connectivity index (χ1) is 10.2. The van der Waals surface area contributed by atoms with Crippen LogP contribution in [0.1, 0.15) is 50.2 Å². The molecule has 1 N–H and O–H groups in total. The molecule has 114 valence electrons. The molecule has 3 rings (SSSR count). The topological polar surface area (TPSA) is 43.0 Å². The first-order valence-corrected chi connectivity index (χ1v) is 7.98. The van der Waals surface area contributed by atoms with E-state index in [1.54, 1.807) is 6.26 Å². The molecule has 4 nitrogen and oxygen atoms in total. The minimum absolute atomic E-state index is 0.0411. The molecule has 2 heterocycles. The molecule has 1 fully saturated rings. The molecular weight excluding hydrogens is 262 g/mol. The van der Waals surface area contributed by atoms with Crippen molar-refractivity contribution in [3.05, 3.63) is 42.4 Å². The summed E-state index contributed by atoms with van der Waals surface area (Å²) < 4.78 is 7.67. The molecule has 4 heteroatoms. The SMILES string of the molecule is CC1CCC(CNC(c2ccco2)c2nccn2C)CC1. The number of hydrogen-bond acceptors (Lipinski definition) is 3. The summed E-state index contributed by atoms with van der Waals surface area (Å²) in [5.41, 5.74) is 0. The van der Waals surface area contributed by atoms with Gasteiger partial charge in [-0.15, -0.1) is 0 Å². The fourth-order valence-electron chi connectivity index (χ4n) is 3.25. The highest BCUT2D eigenvalue weighted by Crippen LogP contribution is 2.29. The summed E-state index contributed by atoms with van der Waals surface area (Å²) in [4.78, 5) is 4.49. The fourth-order valence-corrected chi connectivity index (χ4v) is 3.25. The number of hydrogen-bond donors (Lipinski definition) is 1. The van der Waals surface area contributed by atoms with Crippen molar-refractivity contribution in [3.8, 4) is 0 Å². The maximum atomic E-state index is 5.62. The largest absolute Gasteiger partial charge is 0.467 e. The molecule has 0 aliphatic heterocycles. The van der Waals surface area contributed by atoms with Gasteiger partial charge in [-0.25, -0.2) is 4.98 Å². The highest BCUT2D eigenvalue weighted by Gasteiger charge is 2.23. The van der Waals surface area contributed by atoms with E-state index in [1.165, 1.54) is 25.7 Å². The molecular formula is C17H25N3O. The molecule has 0 radical (unpaired) electrons. The summed E-state index contributed by atoms with van der Waals surface area (Å²) in [5.74, 6) is 3.62. The molecule has 1 atom stereocenters. The molecule has 0 aromatic carbocycles. The van der Waals surface area contributed by atoms with Crippen LogP contribution in [0.5, 0.6) is 0 Å². The number of furan rings is 1. The van der Waals surface area contributed by atoms with Crippen LogP contribution in [0.15, 0.2) is 35.2 Å². The quantitative estimate of drug-likeness (QED) is 0.915. The van der Waals surface area contributed by atoms with Crippen LogP contribution in [-0.4, -0.2) is 16.1 Å². The van der Waals surface area contributed by atoms with Gasteiger partial charge in [0.25, 0.3) is 0 Å². The zero-order valence-electron chi connectivity index (χ0n) is 13.0. The number of nitrogens with zero attached hydrogens (tertiary/aromatic N) is 2. The number of imidazole rings is 1. The average molecular weight is 287 g/mol. The van der Waals surface area contributed by atoms with Crippen molar-refractivity contribution in [1.82, 2.24) is 14.9 Å². The Morgan fingerprint density at radius 1 is 1.38 bits per heavy atom. The third-order valence-corrected chi connectivity index (χ3v) is 4.69. The van der Waals surface area contributed by atoms with Gasteiger partial charge in [-0.05, 0) is 43.4 Å². The van der Waals surface area contributed by atoms with Crippen molar-refractivity contribution in [2.75, 3.05) is 6.54 Å². The summed E-state index contributed by atoms with van der Waals surface area (Å²) in [6.45, 7) is 3.40. The van der Waals surface area contributed by atoms with E-state index in [-0.39, 0.29) is 6.04 Å². The smallest absolute Gasteiger partial charge is 0.133 e. The monoisotopic (exact) mass is 287 g/mol. The van der Waals surface area contributed by atoms with Crippen molar-refractivity contribution in [2.45, 2.75) is 38.6 Å². The molecule has 0 amide bonds. The molecule has 2 aromatic heterocycles. The molecule has 2 aromatic rings. The van der Waals surface area contributed by atoms with Crippen LogP contribution in [0.25, 0.3) is 0 Å². The maximum absolute atomic E-state index is 5.62. The van der Waals surface area contributed by atoms with E-state index in [1.807, 2.05) is 31.6 Å². The zero-order chi connectivity index (χ0) is 14.7. The Balaban J connectivity index is 1.67. The van der Waals surface area contributed by atoms with Gasteiger partial charge in [0.15, 0.2) is 0 Å². The Morgan fingerprint density at radius 3 is 2.81 bits per heavy atom. The lowest BCUT2D eigenvalue weighted by molar-refractivity contribution is 0.272. The van der Waals surface area contributed by atoms with E-state index in [2.05, 4.69) is 21.8 Å². The van der Waals surface area contributed by atoms with E-state index >= 15 is 0 Å². The minimum Gasteiger partial charge on any atom is -0.467 e. The van der Waals surface area contributed by atoms with Crippen LogP contribution >= 0.6 is 0 Å². The van der Waals surface area contributed by atoms with Gasteiger partial charge in [-0.3, -0.25) is 0 Å². The van der Waals surface area contributed by atoms with Crippen LogP contribution in [0.4, 0.5) is 0 Å². The van der Waals surface area contributed by atoms with Crippen LogP contribution in [-0.2, 0) is 7.05 Å². The molecule has 0 bridgehead atoms. The summed E-state index contributed by atoms with van der Waals surface area (Å²) in [6.07, 6.45) is 10.9. The van der Waals surface area contributed by atoms with Crippen molar-refractivity contribution in [1.29, 1.82) is 0 Å². The third-order valence-electron chi connectivity index (χ3n) is 4.69. The molecule has 1 aliphatic carbocycles. The van der Waals surface area contributed by atoms with E-state index in [0.717, 1.165) is 30.0 Å². The van der Waals surface area contributed by atoms with Crippen molar-refractivity contribution in [2.24, 2.45) is 18.9 Å². The minimum atomic E-state index is 0.0411. The lowest BCUT2D eigenvalue weighted by Gasteiger charge is -2.27. The van der Waals surface area contributed by atoms with Crippen LogP contribution < -0.4 is 5.32 Å². The number of aromatic nitrogens is 2. The van der Waals surface area contributed by atoms with Gasteiger partial charge in [-0.2, -0.15) is 0 Å². The molecule has 1 saturated carbocycles. The highest BCUT2D eigenvalue weighted by molar-refractivity contribution is 5.15. The highest BCUT2D eigenvalue weighted by atomic mass is 16.3. The molecule has 21 heavy (non-hydrogen) atoms. The second kappa shape index (κ2) is 6.48. The first-order valence-electron chi connectivity index (χ1n) is 7.98. The summed E-state index contributed by atoms with van der Waals surface area (Å²) in [6, 6.07) is 4.00. The Hall–Kier alpha value is -1.55. The second-order valence-electron chi connectivity index (χ2n) is 6.38. The van der Waals surface area contributed by atoms with E-state index in [0.29, 0.717) is 0 Å². The predicted molar refractivity (Wildman–Crippen MR) is 82.9 cm³/mol. The normalized spacial score (nSPS) is 24.1. The standard InChI is InChI=1S/C17H25N3O/c1-13-5-7-14(8-6-13)12-19-16(15-4-3-11-21-15)17-18-9-10-20(17)2/h3-4,9-11,13-14,16,19H,5-8,12H2,1-2H3. The van der Waals surface area contributed by atoms with E-state index in [9.17, 15) is 0 Å². The van der Waals surface area contributed by atoms with Gasteiger partial charge in [0.05, 0.1) is 6.26 Å². The third kappa shape index (κ3) is 3.38. The lowest BCUT2D eigenvalue weighted by atomic mass is 9.83. The number of aryl methyl sites for hydroxylation is 1. The van der Waals surface area contributed by atoms with Gasteiger partial charge in [0.2, 0.25) is 0 Å². The van der Waals surface area contributed by atoms with Crippen molar-refractivity contribution < 1.29 is 4.42 Å². The van der Waals surface area contributed by atoms with Crippen molar-refractivity contribution >= 4 is 0 Å². The zero-order valence-corrected chi connectivity index (χ0v) is 13.0. The molecule has 1 aliphatic rings. The van der Waals surface area contributed by atoms with E-state index in [4.69, 9.17) is 4.42 Å². The maximum Gasteiger partial charge on any atom is 0.133 e.